The van der Waals surface area contributed by atoms with Gasteiger partial charge in [-0.2, -0.15) is 5.10 Å². The van der Waals surface area contributed by atoms with Crippen molar-refractivity contribution in [3.8, 4) is 0 Å². The van der Waals surface area contributed by atoms with Gasteiger partial charge >= 0.3 is 5.97 Å². The number of rotatable bonds is 6. The van der Waals surface area contributed by atoms with Gasteiger partial charge in [-0.05, 0) is 43.2 Å². The van der Waals surface area contributed by atoms with Crippen LogP contribution in [0.3, 0.4) is 0 Å². The molecule has 2 N–H and O–H groups in total. The summed E-state index contributed by atoms with van der Waals surface area (Å²) in [7, 11) is 0. The van der Waals surface area contributed by atoms with Crippen LogP contribution < -0.4 is 10.9 Å². The third-order valence-corrected chi connectivity index (χ3v) is 4.63. The Balaban J connectivity index is 2.28. The Bertz CT molecular complexity index is 1060. The van der Waals surface area contributed by atoms with Gasteiger partial charge in [0.1, 0.15) is 5.69 Å². The van der Waals surface area contributed by atoms with E-state index >= 15 is 0 Å². The van der Waals surface area contributed by atoms with Gasteiger partial charge in [-0.1, -0.05) is 6.92 Å². The number of anilines is 2. The molecule has 144 valence electrons. The minimum atomic E-state index is -1.19. The molecular formula is C20H21N5O3. The quantitative estimate of drug-likeness (QED) is 0.677. The summed E-state index contributed by atoms with van der Waals surface area (Å²) in [5.41, 5.74) is 2.33. The summed E-state index contributed by atoms with van der Waals surface area (Å²) in [6.45, 7) is 5.72. The molecule has 0 aromatic carbocycles. The highest BCUT2D eigenvalue weighted by atomic mass is 16.4. The molecule has 3 aromatic rings. The van der Waals surface area contributed by atoms with E-state index in [9.17, 15) is 14.7 Å². The van der Waals surface area contributed by atoms with Crippen LogP contribution in [-0.2, 0) is 6.54 Å². The van der Waals surface area contributed by atoms with E-state index in [1.807, 2.05) is 19.9 Å². The fourth-order valence-corrected chi connectivity index (χ4v) is 3.05. The summed E-state index contributed by atoms with van der Waals surface area (Å²) in [5.74, 6) is -1.58. The number of pyridine rings is 2. The predicted octanol–water partition coefficient (Wildman–Crippen LogP) is 2.96. The molecule has 1 unspecified atom stereocenters. The molecule has 1 atom stereocenters. The standard InChI is InChI=1S/C20H21N5O3/c1-4-25-19(26)17(23-15-11-22-8-5-12(15)2)16(18(24-25)20(27)28)13(3)14-6-9-21-10-7-14/h5-11,13,23H,4H2,1-3H3,(H,27,28). The molecule has 8 nitrogen and oxygen atoms in total. The molecule has 0 aliphatic rings. The first-order valence-electron chi connectivity index (χ1n) is 8.89. The van der Waals surface area contributed by atoms with Gasteiger partial charge in [-0.25, -0.2) is 9.48 Å². The molecule has 3 aromatic heterocycles. The summed E-state index contributed by atoms with van der Waals surface area (Å²) < 4.78 is 1.15. The first-order valence-corrected chi connectivity index (χ1v) is 8.89. The Morgan fingerprint density at radius 3 is 2.50 bits per heavy atom. The molecule has 0 bridgehead atoms. The van der Waals surface area contributed by atoms with Gasteiger partial charge in [0.15, 0.2) is 5.69 Å². The number of nitrogens with zero attached hydrogens (tertiary/aromatic N) is 4. The zero-order valence-corrected chi connectivity index (χ0v) is 15.9. The number of hydrogen-bond acceptors (Lipinski definition) is 6. The molecule has 0 aliphatic carbocycles. The van der Waals surface area contributed by atoms with E-state index in [4.69, 9.17) is 0 Å². The number of carboxylic acid groups (broad SMARTS) is 1. The fraction of sp³-hybridized carbons (Fsp3) is 0.250. The summed E-state index contributed by atoms with van der Waals surface area (Å²) in [6.07, 6.45) is 6.52. The van der Waals surface area contributed by atoms with Crippen molar-refractivity contribution in [1.82, 2.24) is 19.7 Å². The number of hydrogen-bond donors (Lipinski definition) is 2. The second-order valence-corrected chi connectivity index (χ2v) is 6.38. The lowest BCUT2D eigenvalue weighted by Crippen LogP contribution is -2.30. The van der Waals surface area contributed by atoms with Crippen LogP contribution in [0.15, 0.2) is 47.8 Å². The topological polar surface area (TPSA) is 110 Å². The third kappa shape index (κ3) is 3.62. The Morgan fingerprint density at radius 1 is 1.21 bits per heavy atom. The van der Waals surface area contributed by atoms with Crippen molar-refractivity contribution < 1.29 is 9.90 Å². The maximum Gasteiger partial charge on any atom is 0.356 e. The van der Waals surface area contributed by atoms with Crippen molar-refractivity contribution in [2.45, 2.75) is 33.2 Å². The number of aromatic carboxylic acids is 1. The maximum absolute atomic E-state index is 13.1. The molecule has 0 saturated heterocycles. The van der Waals surface area contributed by atoms with Crippen molar-refractivity contribution in [1.29, 1.82) is 0 Å². The third-order valence-electron chi connectivity index (χ3n) is 4.63. The summed E-state index contributed by atoms with van der Waals surface area (Å²) in [4.78, 5) is 33.1. The average molecular weight is 379 g/mol. The van der Waals surface area contributed by atoms with Crippen LogP contribution in [0.5, 0.6) is 0 Å². The Morgan fingerprint density at radius 2 is 1.89 bits per heavy atom. The highest BCUT2D eigenvalue weighted by Gasteiger charge is 2.27. The zero-order chi connectivity index (χ0) is 20.3. The Kier molecular flexibility index (Phi) is 5.49. The average Bonchev–Trinajstić information content (AvgIpc) is 2.70. The number of aromatic nitrogens is 4. The number of carbonyl (C=O) groups is 1. The van der Waals surface area contributed by atoms with Crippen LogP contribution in [0.2, 0.25) is 0 Å². The normalized spacial score (nSPS) is 11.8. The zero-order valence-electron chi connectivity index (χ0n) is 15.9. The first-order chi connectivity index (χ1) is 13.4. The maximum atomic E-state index is 13.1. The lowest BCUT2D eigenvalue weighted by molar-refractivity contribution is 0.0685. The molecule has 0 spiro atoms. The molecule has 0 aliphatic heterocycles. The van der Waals surface area contributed by atoms with Crippen LogP contribution >= 0.6 is 0 Å². The van der Waals surface area contributed by atoms with Crippen molar-refractivity contribution >= 4 is 17.3 Å². The Hall–Kier alpha value is -3.55. The van der Waals surface area contributed by atoms with Crippen molar-refractivity contribution in [2.75, 3.05) is 5.32 Å². The summed E-state index contributed by atoms with van der Waals surface area (Å²) >= 11 is 0. The van der Waals surface area contributed by atoms with Gasteiger partial charge in [-0.15, -0.1) is 0 Å². The molecule has 8 heteroatoms. The van der Waals surface area contributed by atoms with E-state index in [2.05, 4.69) is 20.4 Å². The lowest BCUT2D eigenvalue weighted by Gasteiger charge is -2.21. The SMILES string of the molecule is CCn1nc(C(=O)O)c(C(C)c2ccncc2)c(Nc2cnccc2C)c1=O. The van der Waals surface area contributed by atoms with E-state index < -0.39 is 5.97 Å². The van der Waals surface area contributed by atoms with Gasteiger partial charge in [0.2, 0.25) is 0 Å². The van der Waals surface area contributed by atoms with E-state index in [1.54, 1.807) is 43.8 Å². The molecule has 3 rings (SSSR count). The van der Waals surface area contributed by atoms with Crippen LogP contribution in [0.1, 0.15) is 46.9 Å². The van der Waals surface area contributed by atoms with Crippen molar-refractivity contribution in [2.24, 2.45) is 0 Å². The van der Waals surface area contributed by atoms with Crippen LogP contribution in [0.4, 0.5) is 11.4 Å². The van der Waals surface area contributed by atoms with E-state index in [0.29, 0.717) is 11.3 Å². The van der Waals surface area contributed by atoms with Gasteiger partial charge < -0.3 is 10.4 Å². The molecule has 28 heavy (non-hydrogen) atoms. The lowest BCUT2D eigenvalue weighted by atomic mass is 9.91. The molecule has 0 radical (unpaired) electrons. The Labute approximate surface area is 161 Å². The van der Waals surface area contributed by atoms with Crippen molar-refractivity contribution in [3.63, 3.8) is 0 Å². The molecule has 3 heterocycles. The number of aryl methyl sites for hydroxylation is 2. The molecule has 0 saturated carbocycles. The largest absolute Gasteiger partial charge is 0.476 e. The molecule has 0 fully saturated rings. The highest BCUT2D eigenvalue weighted by molar-refractivity contribution is 5.90. The summed E-state index contributed by atoms with van der Waals surface area (Å²) in [6, 6.07) is 5.40. The van der Waals surface area contributed by atoms with Gasteiger partial charge in [0.05, 0.1) is 11.9 Å². The van der Waals surface area contributed by atoms with Gasteiger partial charge in [0.25, 0.3) is 5.56 Å². The number of nitrogens with one attached hydrogen (secondary N) is 1. The second-order valence-electron chi connectivity index (χ2n) is 6.38. The molecular weight excluding hydrogens is 358 g/mol. The smallest absolute Gasteiger partial charge is 0.356 e. The van der Waals surface area contributed by atoms with Crippen LogP contribution in [-0.4, -0.2) is 30.8 Å². The minimum Gasteiger partial charge on any atom is -0.476 e. The monoisotopic (exact) mass is 379 g/mol. The second kappa shape index (κ2) is 7.99. The predicted molar refractivity (Wildman–Crippen MR) is 105 cm³/mol. The van der Waals surface area contributed by atoms with Crippen LogP contribution in [0.25, 0.3) is 0 Å². The van der Waals surface area contributed by atoms with E-state index in [1.165, 1.54) is 0 Å². The molecule has 0 amide bonds. The fourth-order valence-electron chi connectivity index (χ4n) is 3.05. The van der Waals surface area contributed by atoms with Gasteiger partial charge in [-0.3, -0.25) is 14.8 Å². The minimum absolute atomic E-state index is 0.158. The first kappa shape index (κ1) is 19.2. The number of carboxylic acids is 1. The van der Waals surface area contributed by atoms with Crippen LogP contribution in [0, 0.1) is 6.92 Å². The highest BCUT2D eigenvalue weighted by Crippen LogP contribution is 2.32. The summed E-state index contributed by atoms with van der Waals surface area (Å²) in [5, 5.41) is 17.0. The van der Waals surface area contributed by atoms with Crippen molar-refractivity contribution in [3.05, 3.63) is 75.7 Å². The van der Waals surface area contributed by atoms with E-state index in [-0.39, 0.29) is 29.4 Å². The van der Waals surface area contributed by atoms with Gasteiger partial charge in [0, 0.05) is 36.6 Å². The van der Waals surface area contributed by atoms with E-state index in [0.717, 1.165) is 15.8 Å².